The molecular weight excluding hydrogens is 425 g/mol. The van der Waals surface area contributed by atoms with Crippen LogP contribution in [0, 0.1) is 17.7 Å². The Kier molecular flexibility index (Phi) is 5.02. The highest BCUT2D eigenvalue weighted by atomic mass is 19.3. The molecule has 168 valence electrons. The molecule has 0 bridgehead atoms. The van der Waals surface area contributed by atoms with Crippen LogP contribution < -0.4 is 10.5 Å². The first-order valence-corrected chi connectivity index (χ1v) is 10.4. The largest absolute Gasteiger partial charge is 0.476 e. The van der Waals surface area contributed by atoms with Crippen LogP contribution in [-0.2, 0) is 16.7 Å². The second-order valence-electron chi connectivity index (χ2n) is 8.48. The third-order valence-electron chi connectivity index (χ3n) is 6.10. The molecule has 3 atom stereocenters. The van der Waals surface area contributed by atoms with Crippen molar-refractivity contribution >= 4 is 11.8 Å². The maximum Gasteiger partial charge on any atom is 0.283 e. The van der Waals surface area contributed by atoms with Crippen molar-refractivity contribution in [2.24, 2.45) is 22.6 Å². The molecule has 2 heterocycles. The zero-order chi connectivity index (χ0) is 22.5. The quantitative estimate of drug-likeness (QED) is 0.626. The highest BCUT2D eigenvalue weighted by Gasteiger charge is 2.64. The number of benzene rings is 1. The molecule has 0 radical (unpaired) electrons. The monoisotopic (exact) mass is 446 g/mol. The Labute approximate surface area is 181 Å². The molecule has 0 amide bonds. The van der Waals surface area contributed by atoms with Gasteiger partial charge in [-0.05, 0) is 42.9 Å². The molecule has 32 heavy (non-hydrogen) atoms. The summed E-state index contributed by atoms with van der Waals surface area (Å²) in [6.45, 7) is 0.575. The van der Waals surface area contributed by atoms with E-state index in [4.69, 9.17) is 15.2 Å². The number of carbonyl (C=O) groups is 1. The van der Waals surface area contributed by atoms with E-state index in [1.807, 2.05) is 0 Å². The van der Waals surface area contributed by atoms with Crippen LogP contribution in [0.2, 0.25) is 0 Å². The number of fused-ring (bicyclic) bond motifs is 1. The third kappa shape index (κ3) is 3.78. The summed E-state index contributed by atoms with van der Waals surface area (Å²) in [6.07, 6.45) is 1.62. The summed E-state index contributed by atoms with van der Waals surface area (Å²) in [4.78, 5) is 24.7. The molecule has 5 rings (SSSR count). The van der Waals surface area contributed by atoms with E-state index in [1.54, 1.807) is 0 Å². The van der Waals surface area contributed by atoms with Crippen molar-refractivity contribution in [2.75, 3.05) is 6.61 Å². The summed E-state index contributed by atoms with van der Waals surface area (Å²) in [5, 5.41) is 0. The van der Waals surface area contributed by atoms with Gasteiger partial charge in [0.15, 0.2) is 11.3 Å². The van der Waals surface area contributed by atoms with Gasteiger partial charge in [-0.3, -0.25) is 4.79 Å². The van der Waals surface area contributed by atoms with E-state index in [2.05, 4.69) is 15.0 Å². The molecule has 2 fully saturated rings. The van der Waals surface area contributed by atoms with E-state index >= 15 is 0 Å². The van der Waals surface area contributed by atoms with E-state index in [0.717, 1.165) is 18.9 Å². The first-order valence-electron chi connectivity index (χ1n) is 10.4. The molecule has 1 aromatic heterocycles. The van der Waals surface area contributed by atoms with Crippen molar-refractivity contribution in [2.45, 2.75) is 43.8 Å². The Morgan fingerprint density at radius 2 is 2.09 bits per heavy atom. The van der Waals surface area contributed by atoms with Crippen LogP contribution in [0.25, 0.3) is 0 Å². The number of aromatic nitrogens is 2. The molecule has 2 aliphatic carbocycles. The number of hydrogen-bond acceptors (Lipinski definition) is 7. The topological polar surface area (TPSA) is 99.7 Å². The Morgan fingerprint density at radius 3 is 2.78 bits per heavy atom. The maximum absolute atomic E-state index is 14.7. The molecule has 0 unspecified atom stereocenters. The summed E-state index contributed by atoms with van der Waals surface area (Å²) in [5.41, 5.74) is 3.65. The van der Waals surface area contributed by atoms with Gasteiger partial charge in [-0.2, -0.15) is 0 Å². The van der Waals surface area contributed by atoms with Crippen molar-refractivity contribution in [1.82, 2.24) is 9.97 Å². The van der Waals surface area contributed by atoms with E-state index in [-0.39, 0.29) is 29.5 Å². The number of nitrogens with two attached hydrogens (primary N) is 1. The fourth-order valence-corrected chi connectivity index (χ4v) is 4.09. The van der Waals surface area contributed by atoms with E-state index in [0.29, 0.717) is 30.4 Å². The Hall–Kier alpha value is -3.17. The number of Topliss-reactive ketones (excluding diaryl/α,β-unsaturated/α-hetero) is 1. The van der Waals surface area contributed by atoms with Gasteiger partial charge in [0.2, 0.25) is 5.88 Å². The SMILES string of the molecule is NC1=N[C@@](c2cc(CC(=O)c3cnc(OCC4CC4)cn3)ccc2F)(C(F)F)[C@H]2C[C@H]2O1. The molecule has 3 aliphatic rings. The fourth-order valence-electron chi connectivity index (χ4n) is 4.09. The number of hydrogen-bond donors (Lipinski definition) is 1. The summed E-state index contributed by atoms with van der Waals surface area (Å²) in [6, 6.07) is 3.33. The van der Waals surface area contributed by atoms with Crippen LogP contribution in [0.1, 0.15) is 40.9 Å². The first kappa shape index (κ1) is 20.7. The highest BCUT2D eigenvalue weighted by molar-refractivity contribution is 5.95. The number of nitrogens with zero attached hydrogens (tertiary/aromatic N) is 3. The average Bonchev–Trinajstić information content (AvgIpc) is 3.68. The molecule has 1 aliphatic heterocycles. The number of amidine groups is 1. The van der Waals surface area contributed by atoms with Gasteiger partial charge in [0.25, 0.3) is 12.4 Å². The molecule has 10 heteroatoms. The molecule has 2 saturated carbocycles. The van der Waals surface area contributed by atoms with Crippen molar-refractivity contribution in [3.63, 3.8) is 0 Å². The van der Waals surface area contributed by atoms with Crippen LogP contribution in [0.3, 0.4) is 0 Å². The summed E-state index contributed by atoms with van der Waals surface area (Å²) >= 11 is 0. The van der Waals surface area contributed by atoms with Gasteiger partial charge in [-0.25, -0.2) is 28.1 Å². The Morgan fingerprint density at radius 1 is 1.28 bits per heavy atom. The van der Waals surface area contributed by atoms with E-state index < -0.39 is 29.8 Å². The van der Waals surface area contributed by atoms with E-state index in [9.17, 15) is 18.0 Å². The Bertz CT molecular complexity index is 1070. The maximum atomic E-state index is 14.7. The molecule has 1 aromatic carbocycles. The van der Waals surface area contributed by atoms with Gasteiger partial charge in [0.1, 0.15) is 17.6 Å². The minimum absolute atomic E-state index is 0.105. The number of aliphatic imine (C=N–C) groups is 1. The van der Waals surface area contributed by atoms with Gasteiger partial charge in [0.05, 0.1) is 19.0 Å². The average molecular weight is 446 g/mol. The molecule has 7 nitrogen and oxygen atoms in total. The lowest BCUT2D eigenvalue weighted by atomic mass is 9.83. The zero-order valence-electron chi connectivity index (χ0n) is 17.0. The normalized spacial score (nSPS) is 26.2. The summed E-state index contributed by atoms with van der Waals surface area (Å²) in [5.74, 6) is -0.991. The van der Waals surface area contributed by atoms with Gasteiger partial charge in [0, 0.05) is 17.9 Å². The minimum atomic E-state index is -2.99. The highest BCUT2D eigenvalue weighted by Crippen LogP contribution is 2.56. The standard InChI is InChI=1S/C22H21F3N4O3/c23-15-4-3-12(5-13(15)22(20(24)25)14-7-18(14)32-21(26)29-22)6-17(30)16-8-28-19(9-27-16)31-10-11-1-2-11/h3-5,8-9,11,14,18,20H,1-2,6-7,10H2,(H2,26,29)/t14-,18+,22+/m0/s1. The zero-order valence-corrected chi connectivity index (χ0v) is 17.0. The van der Waals surface area contributed by atoms with Crippen LogP contribution in [0.15, 0.2) is 35.6 Å². The minimum Gasteiger partial charge on any atom is -0.476 e. The van der Waals surface area contributed by atoms with Crippen molar-refractivity contribution < 1.29 is 27.4 Å². The molecule has 2 N–H and O–H groups in total. The fraction of sp³-hybridized carbons (Fsp3) is 0.455. The van der Waals surface area contributed by atoms with Crippen molar-refractivity contribution in [3.8, 4) is 5.88 Å². The van der Waals surface area contributed by atoms with Gasteiger partial charge >= 0.3 is 0 Å². The second kappa shape index (κ2) is 7.75. The number of ketones is 1. The van der Waals surface area contributed by atoms with Crippen molar-refractivity contribution in [1.29, 1.82) is 0 Å². The molecule has 0 saturated heterocycles. The lowest BCUT2D eigenvalue weighted by Gasteiger charge is -2.33. The molecule has 2 aromatic rings. The van der Waals surface area contributed by atoms with Crippen LogP contribution >= 0.6 is 0 Å². The van der Waals surface area contributed by atoms with Gasteiger partial charge in [-0.15, -0.1) is 0 Å². The number of carbonyl (C=O) groups excluding carboxylic acids is 1. The van der Waals surface area contributed by atoms with Gasteiger partial charge < -0.3 is 15.2 Å². The number of alkyl halides is 2. The predicted molar refractivity (Wildman–Crippen MR) is 107 cm³/mol. The number of halogens is 3. The second-order valence-corrected chi connectivity index (χ2v) is 8.48. The van der Waals surface area contributed by atoms with Crippen LogP contribution in [-0.4, -0.2) is 40.9 Å². The smallest absolute Gasteiger partial charge is 0.283 e. The third-order valence-corrected chi connectivity index (χ3v) is 6.10. The van der Waals surface area contributed by atoms with Crippen molar-refractivity contribution in [3.05, 3.63) is 53.2 Å². The Balaban J connectivity index is 1.37. The lowest BCUT2D eigenvalue weighted by molar-refractivity contribution is 0.0176. The van der Waals surface area contributed by atoms with Gasteiger partial charge in [-0.1, -0.05) is 6.07 Å². The molecule has 0 spiro atoms. The van der Waals surface area contributed by atoms with Crippen LogP contribution in [0.5, 0.6) is 5.88 Å². The first-order chi connectivity index (χ1) is 15.4. The lowest BCUT2D eigenvalue weighted by Crippen LogP contribution is -2.43. The van der Waals surface area contributed by atoms with Crippen LogP contribution in [0.4, 0.5) is 13.2 Å². The summed E-state index contributed by atoms with van der Waals surface area (Å²) in [7, 11) is 0. The predicted octanol–water partition coefficient (Wildman–Crippen LogP) is 3.02. The summed E-state index contributed by atoms with van der Waals surface area (Å²) < 4.78 is 53.9. The number of rotatable bonds is 8. The van der Waals surface area contributed by atoms with E-state index in [1.165, 1.54) is 24.5 Å². The molecular formula is C22H21F3N4O3. The number of ether oxygens (including phenoxy) is 2.